The van der Waals surface area contributed by atoms with E-state index >= 15 is 0 Å². The van der Waals surface area contributed by atoms with E-state index in [2.05, 4.69) is 123 Å². The highest BCUT2D eigenvalue weighted by Crippen LogP contribution is 2.27. The van der Waals surface area contributed by atoms with E-state index in [1.54, 1.807) is 7.11 Å². The molecule has 212 valence electrons. The van der Waals surface area contributed by atoms with Crippen LogP contribution in [0.15, 0.2) is 102 Å². The number of pyridine rings is 2. The molecule has 0 radical (unpaired) electrons. The maximum Gasteiger partial charge on any atom is 0.128 e. The Morgan fingerprint density at radius 3 is 1.93 bits per heavy atom. The van der Waals surface area contributed by atoms with Crippen LogP contribution in [0.1, 0.15) is 29.2 Å². The number of hydrogen-bond donors (Lipinski definition) is 0. The molecule has 0 aliphatic carbocycles. The van der Waals surface area contributed by atoms with Crippen LogP contribution in [0.5, 0.6) is 5.75 Å². The van der Waals surface area contributed by atoms with Crippen molar-refractivity contribution >= 4 is 21.7 Å². The van der Waals surface area contributed by atoms with Gasteiger partial charge in [0, 0.05) is 48.1 Å². The molecule has 1 unspecified atom stereocenters. The second-order valence-corrected chi connectivity index (χ2v) is 11.1. The molecule has 0 saturated heterocycles. The number of hydrogen-bond acceptors (Lipinski definition) is 6. The Balaban J connectivity index is 0.000000222. The molecule has 0 aliphatic rings. The third-order valence-electron chi connectivity index (χ3n) is 6.51. The Morgan fingerprint density at radius 2 is 1.38 bits per heavy atom. The lowest BCUT2D eigenvalue weighted by Crippen LogP contribution is -2.31. The number of likely N-dealkylation sites (N-methyl/N-ethyl adjacent to an activating group) is 1. The van der Waals surface area contributed by atoms with E-state index in [0.29, 0.717) is 5.92 Å². The van der Waals surface area contributed by atoms with Crippen LogP contribution in [0.25, 0.3) is 0 Å². The average Bonchev–Trinajstić information content (AvgIpc) is 2.98. The number of anilines is 1. The predicted octanol–water partition coefficient (Wildman–Crippen LogP) is 6.59. The second-order valence-electron chi connectivity index (χ2n) is 10.2. The molecule has 2 aromatic carbocycles. The van der Waals surface area contributed by atoms with Gasteiger partial charge in [0.05, 0.1) is 7.11 Å². The summed E-state index contributed by atoms with van der Waals surface area (Å²) in [5.41, 5.74) is 3.72. The van der Waals surface area contributed by atoms with Crippen LogP contribution in [0, 0.1) is 0 Å². The van der Waals surface area contributed by atoms with Crippen molar-refractivity contribution in [2.24, 2.45) is 0 Å². The number of methoxy groups -OCH3 is 1. The number of ether oxygens (including phenoxy) is 1. The summed E-state index contributed by atoms with van der Waals surface area (Å²) in [4.78, 5) is 15.7. The monoisotopic (exact) mass is 603 g/mol. The summed E-state index contributed by atoms with van der Waals surface area (Å²) in [6, 6.07) is 28.9. The highest BCUT2D eigenvalue weighted by atomic mass is 79.9. The third kappa shape index (κ3) is 10.7. The van der Waals surface area contributed by atoms with Gasteiger partial charge in [-0.05, 0) is 101 Å². The Kier molecular flexibility index (Phi) is 13.1. The van der Waals surface area contributed by atoms with Gasteiger partial charge in [0.1, 0.15) is 11.6 Å². The molecule has 7 heteroatoms. The zero-order valence-corrected chi connectivity index (χ0v) is 26.0. The standard InChI is InChI=1S/C17H23N3O.C16H19BrN2/c1-19(2)12-13-20(17-6-4-5-11-18-17)14-15-7-9-16(21-3)10-8-15;1-19(2)12-10-15(16-5-3-4-11-18-16)13-6-8-14(17)9-7-13/h4-11H,12-14H2,1-3H3;3-9,11,15H,10,12H2,1-2H3. The molecule has 2 aromatic heterocycles. The molecule has 2 heterocycles. The van der Waals surface area contributed by atoms with Gasteiger partial charge < -0.3 is 19.4 Å². The van der Waals surface area contributed by atoms with Gasteiger partial charge in [0.2, 0.25) is 0 Å². The SMILES string of the molecule is CN(C)CCC(c1ccc(Br)cc1)c1ccccn1.COc1ccc(CN(CCN(C)C)c2ccccn2)cc1. The molecule has 0 fully saturated rings. The molecule has 0 amide bonds. The minimum absolute atomic E-state index is 0.358. The molecule has 0 bridgehead atoms. The van der Waals surface area contributed by atoms with Gasteiger partial charge in [-0.3, -0.25) is 4.98 Å². The summed E-state index contributed by atoms with van der Waals surface area (Å²) < 4.78 is 6.32. The van der Waals surface area contributed by atoms with Crippen molar-refractivity contribution in [3.63, 3.8) is 0 Å². The lowest BCUT2D eigenvalue weighted by atomic mass is 9.92. The van der Waals surface area contributed by atoms with Crippen molar-refractivity contribution < 1.29 is 4.74 Å². The number of halogens is 1. The highest BCUT2D eigenvalue weighted by molar-refractivity contribution is 9.10. The fourth-order valence-electron chi connectivity index (χ4n) is 4.24. The van der Waals surface area contributed by atoms with Crippen LogP contribution >= 0.6 is 15.9 Å². The summed E-state index contributed by atoms with van der Waals surface area (Å²) >= 11 is 3.49. The molecule has 1 atom stereocenters. The van der Waals surface area contributed by atoms with E-state index < -0.39 is 0 Å². The average molecular weight is 605 g/mol. The molecular weight excluding hydrogens is 562 g/mol. The molecule has 0 spiro atoms. The van der Waals surface area contributed by atoms with Crippen molar-refractivity contribution in [1.82, 2.24) is 19.8 Å². The van der Waals surface area contributed by atoms with E-state index in [1.807, 2.05) is 42.7 Å². The maximum absolute atomic E-state index is 5.21. The first-order valence-corrected chi connectivity index (χ1v) is 14.4. The van der Waals surface area contributed by atoms with Gasteiger partial charge in [0.15, 0.2) is 0 Å². The fraction of sp³-hybridized carbons (Fsp3) is 0.333. The van der Waals surface area contributed by atoms with Crippen LogP contribution in [-0.2, 0) is 6.54 Å². The van der Waals surface area contributed by atoms with Crippen molar-refractivity contribution in [3.05, 3.63) is 119 Å². The topological polar surface area (TPSA) is 44.7 Å². The number of aromatic nitrogens is 2. The van der Waals surface area contributed by atoms with E-state index in [1.165, 1.54) is 11.1 Å². The van der Waals surface area contributed by atoms with E-state index in [-0.39, 0.29) is 0 Å². The van der Waals surface area contributed by atoms with Crippen molar-refractivity contribution in [3.8, 4) is 5.75 Å². The summed E-state index contributed by atoms with van der Waals surface area (Å²) in [5.74, 6) is 2.25. The van der Waals surface area contributed by atoms with Crippen molar-refractivity contribution in [2.75, 3.05) is 59.8 Å². The van der Waals surface area contributed by atoms with Gasteiger partial charge in [-0.25, -0.2) is 4.98 Å². The molecule has 4 aromatic rings. The van der Waals surface area contributed by atoms with E-state index in [9.17, 15) is 0 Å². The number of nitrogens with zero attached hydrogens (tertiary/aromatic N) is 5. The smallest absolute Gasteiger partial charge is 0.128 e. The molecule has 6 nitrogen and oxygen atoms in total. The first-order valence-electron chi connectivity index (χ1n) is 13.6. The van der Waals surface area contributed by atoms with Gasteiger partial charge in [-0.2, -0.15) is 0 Å². The summed E-state index contributed by atoms with van der Waals surface area (Å²) in [7, 11) is 10.1. The minimum Gasteiger partial charge on any atom is -0.497 e. The van der Waals surface area contributed by atoms with Gasteiger partial charge in [0.25, 0.3) is 0 Å². The van der Waals surface area contributed by atoms with Gasteiger partial charge >= 0.3 is 0 Å². The number of rotatable bonds is 12. The van der Waals surface area contributed by atoms with Crippen molar-refractivity contribution in [2.45, 2.75) is 18.9 Å². The lowest BCUT2D eigenvalue weighted by Gasteiger charge is -2.25. The summed E-state index contributed by atoms with van der Waals surface area (Å²) in [5, 5.41) is 0. The van der Waals surface area contributed by atoms with Crippen LogP contribution in [0.2, 0.25) is 0 Å². The minimum atomic E-state index is 0.358. The third-order valence-corrected chi connectivity index (χ3v) is 7.03. The molecule has 0 aliphatic heterocycles. The zero-order chi connectivity index (χ0) is 28.7. The fourth-order valence-corrected chi connectivity index (χ4v) is 4.50. The normalized spacial score (nSPS) is 11.6. The van der Waals surface area contributed by atoms with Crippen molar-refractivity contribution in [1.29, 1.82) is 0 Å². The molecule has 4 rings (SSSR count). The number of benzene rings is 2. The Bertz CT molecular complexity index is 1220. The first kappa shape index (κ1) is 31.3. The van der Waals surface area contributed by atoms with E-state index in [0.717, 1.165) is 54.3 Å². The van der Waals surface area contributed by atoms with Crippen LogP contribution in [-0.4, -0.2) is 74.7 Å². The maximum atomic E-state index is 5.21. The Hall–Kier alpha value is -3.26. The van der Waals surface area contributed by atoms with Crippen LogP contribution in [0.3, 0.4) is 0 Å². The molecule has 0 saturated carbocycles. The molecular formula is C33H42BrN5O. The quantitative estimate of drug-likeness (QED) is 0.182. The van der Waals surface area contributed by atoms with Gasteiger partial charge in [-0.15, -0.1) is 0 Å². The lowest BCUT2D eigenvalue weighted by molar-refractivity contribution is 0.389. The Morgan fingerprint density at radius 1 is 0.725 bits per heavy atom. The molecule has 0 N–H and O–H groups in total. The van der Waals surface area contributed by atoms with E-state index in [4.69, 9.17) is 4.74 Å². The first-order chi connectivity index (χ1) is 19.4. The summed E-state index contributed by atoms with van der Waals surface area (Å²) in [6.07, 6.45) is 4.79. The highest BCUT2D eigenvalue weighted by Gasteiger charge is 2.15. The largest absolute Gasteiger partial charge is 0.497 e. The second kappa shape index (κ2) is 16.8. The predicted molar refractivity (Wildman–Crippen MR) is 170 cm³/mol. The molecule has 40 heavy (non-hydrogen) atoms. The zero-order valence-electron chi connectivity index (χ0n) is 24.4. The summed E-state index contributed by atoms with van der Waals surface area (Å²) in [6.45, 7) is 3.83. The Labute approximate surface area is 248 Å². The van der Waals surface area contributed by atoms with Crippen LogP contribution in [0.4, 0.5) is 5.82 Å². The van der Waals surface area contributed by atoms with Gasteiger partial charge in [-0.1, -0.05) is 52.3 Å². The van der Waals surface area contributed by atoms with Crippen LogP contribution < -0.4 is 9.64 Å².